The van der Waals surface area contributed by atoms with Gasteiger partial charge in [0.05, 0.1) is 11.9 Å². The van der Waals surface area contributed by atoms with E-state index in [1.165, 1.54) is 0 Å². The van der Waals surface area contributed by atoms with Gasteiger partial charge in [-0.15, -0.1) is 0 Å². The molecule has 0 aliphatic rings. The van der Waals surface area contributed by atoms with Crippen molar-refractivity contribution in [2.24, 2.45) is 0 Å². The summed E-state index contributed by atoms with van der Waals surface area (Å²) in [5, 5.41) is 4.20. The number of aryl methyl sites for hydroxylation is 1. The monoisotopic (exact) mass is 163 g/mol. The van der Waals surface area contributed by atoms with Crippen molar-refractivity contribution in [1.82, 2.24) is 14.8 Å². The maximum Gasteiger partial charge on any atom is 0.215 e. The fourth-order valence-electron chi connectivity index (χ4n) is 1.02. The minimum absolute atomic E-state index is 0.598. The van der Waals surface area contributed by atoms with Crippen LogP contribution in [0.2, 0.25) is 0 Å². The quantitative estimate of drug-likeness (QED) is 0.668. The summed E-state index contributed by atoms with van der Waals surface area (Å²) in [6, 6.07) is 1.95. The minimum atomic E-state index is 0.598. The van der Waals surface area contributed by atoms with Crippen LogP contribution in [0.25, 0.3) is 0 Å². The van der Waals surface area contributed by atoms with Crippen molar-refractivity contribution in [2.75, 3.05) is 0 Å². The van der Waals surface area contributed by atoms with Gasteiger partial charge in [-0.1, -0.05) is 0 Å². The summed E-state index contributed by atoms with van der Waals surface area (Å²) in [4.78, 5) is 3.99. The molecule has 0 saturated heterocycles. The van der Waals surface area contributed by atoms with Crippen LogP contribution in [0.1, 0.15) is 11.6 Å². The maximum absolute atomic E-state index is 5.07. The Balaban J connectivity index is 2.14. The molecular weight excluding hydrogens is 154 g/mol. The molecule has 62 valence electrons. The van der Waals surface area contributed by atoms with E-state index in [1.54, 1.807) is 17.1 Å². The van der Waals surface area contributed by atoms with Gasteiger partial charge >= 0.3 is 0 Å². The lowest BCUT2D eigenvalue weighted by atomic mass is 10.5. The van der Waals surface area contributed by atoms with E-state index < -0.39 is 0 Å². The van der Waals surface area contributed by atoms with Crippen LogP contribution >= 0.6 is 0 Å². The topological polar surface area (TPSA) is 43.9 Å². The van der Waals surface area contributed by atoms with Crippen LogP contribution < -0.4 is 0 Å². The second kappa shape index (κ2) is 2.81. The lowest BCUT2D eigenvalue weighted by molar-refractivity contribution is 0.464. The molecule has 0 amide bonds. The van der Waals surface area contributed by atoms with Crippen LogP contribution in [0.5, 0.6) is 0 Å². The number of hydrogen-bond acceptors (Lipinski definition) is 3. The van der Waals surface area contributed by atoms with Gasteiger partial charge in [-0.25, -0.2) is 4.98 Å². The first-order valence-electron chi connectivity index (χ1n) is 3.73. The molecule has 4 nitrogen and oxygen atoms in total. The smallest absolute Gasteiger partial charge is 0.215 e. The molecular formula is C8H9N3O. The first-order valence-corrected chi connectivity index (χ1v) is 3.73. The molecule has 0 atom stereocenters. The molecule has 0 saturated carbocycles. The van der Waals surface area contributed by atoms with Crippen LogP contribution in [-0.4, -0.2) is 14.8 Å². The van der Waals surface area contributed by atoms with Crippen molar-refractivity contribution in [3.8, 4) is 0 Å². The Bertz CT molecular complexity index is 350. The second-order valence-corrected chi connectivity index (χ2v) is 2.58. The third kappa shape index (κ3) is 1.37. The first-order chi connectivity index (χ1) is 5.84. The van der Waals surface area contributed by atoms with Crippen molar-refractivity contribution in [2.45, 2.75) is 13.5 Å². The molecule has 2 heterocycles. The summed E-state index contributed by atoms with van der Waals surface area (Å²) in [7, 11) is 0. The Morgan fingerprint density at radius 1 is 1.58 bits per heavy atom. The maximum atomic E-state index is 5.07. The summed E-state index contributed by atoms with van der Waals surface area (Å²) in [5.74, 6) is 0.679. The van der Waals surface area contributed by atoms with Crippen molar-refractivity contribution in [1.29, 1.82) is 0 Å². The van der Waals surface area contributed by atoms with E-state index in [2.05, 4.69) is 10.1 Å². The van der Waals surface area contributed by atoms with Gasteiger partial charge < -0.3 is 4.42 Å². The van der Waals surface area contributed by atoms with Gasteiger partial charge in [0.2, 0.25) is 5.89 Å². The molecule has 0 fully saturated rings. The van der Waals surface area contributed by atoms with Crippen LogP contribution in [0.15, 0.2) is 29.1 Å². The van der Waals surface area contributed by atoms with Crippen LogP contribution in [0.3, 0.4) is 0 Å². The van der Waals surface area contributed by atoms with Gasteiger partial charge in [0.1, 0.15) is 12.8 Å². The van der Waals surface area contributed by atoms with E-state index in [4.69, 9.17) is 4.42 Å². The van der Waals surface area contributed by atoms with E-state index in [9.17, 15) is 0 Å². The molecule has 0 unspecified atom stereocenters. The summed E-state index contributed by atoms with van der Waals surface area (Å²) in [6.45, 7) is 2.55. The van der Waals surface area contributed by atoms with Crippen LogP contribution in [0.4, 0.5) is 0 Å². The van der Waals surface area contributed by atoms with Gasteiger partial charge in [-0.05, 0) is 13.0 Å². The van der Waals surface area contributed by atoms with Crippen molar-refractivity contribution >= 4 is 0 Å². The number of oxazole rings is 1. The fourth-order valence-corrected chi connectivity index (χ4v) is 1.02. The van der Waals surface area contributed by atoms with Crippen molar-refractivity contribution in [3.63, 3.8) is 0 Å². The molecule has 0 aliphatic carbocycles. The Labute approximate surface area is 69.8 Å². The first kappa shape index (κ1) is 7.09. The lowest BCUT2D eigenvalue weighted by Crippen LogP contribution is -2.00. The average Bonchev–Trinajstić information content (AvgIpc) is 2.63. The Morgan fingerprint density at radius 3 is 3.08 bits per heavy atom. The standard InChI is InChI=1S/C8H9N3O/c1-7-2-4-11(10-7)6-8-9-3-5-12-8/h2-5H,6H2,1H3. The fraction of sp³-hybridized carbons (Fsp3) is 0.250. The number of hydrogen-bond donors (Lipinski definition) is 0. The SMILES string of the molecule is Cc1ccn(Cc2ncco2)n1. The summed E-state index contributed by atoms with van der Waals surface area (Å²) in [6.07, 6.45) is 5.09. The van der Waals surface area contributed by atoms with E-state index in [-0.39, 0.29) is 0 Å². The summed E-state index contributed by atoms with van der Waals surface area (Å²) < 4.78 is 6.87. The zero-order chi connectivity index (χ0) is 8.39. The zero-order valence-corrected chi connectivity index (χ0v) is 6.77. The predicted molar refractivity (Wildman–Crippen MR) is 42.6 cm³/mol. The molecule has 0 aromatic carbocycles. The number of rotatable bonds is 2. The highest BCUT2D eigenvalue weighted by Crippen LogP contribution is 1.99. The highest BCUT2D eigenvalue weighted by molar-refractivity contribution is 4.96. The molecule has 0 N–H and O–H groups in total. The third-order valence-electron chi connectivity index (χ3n) is 1.55. The van der Waals surface area contributed by atoms with Gasteiger partial charge in [-0.2, -0.15) is 5.10 Å². The molecule has 2 rings (SSSR count). The average molecular weight is 163 g/mol. The molecule has 0 aliphatic heterocycles. The largest absolute Gasteiger partial charge is 0.447 e. The Hall–Kier alpha value is -1.58. The Morgan fingerprint density at radius 2 is 2.50 bits per heavy atom. The lowest BCUT2D eigenvalue weighted by Gasteiger charge is -1.94. The Kier molecular flexibility index (Phi) is 1.66. The molecule has 4 heteroatoms. The van der Waals surface area contributed by atoms with Crippen molar-refractivity contribution < 1.29 is 4.42 Å². The highest BCUT2D eigenvalue weighted by atomic mass is 16.3. The van der Waals surface area contributed by atoms with E-state index in [0.717, 1.165) is 5.69 Å². The molecule has 2 aromatic heterocycles. The zero-order valence-electron chi connectivity index (χ0n) is 6.77. The summed E-state index contributed by atoms with van der Waals surface area (Å²) >= 11 is 0. The van der Waals surface area contributed by atoms with E-state index >= 15 is 0 Å². The number of aromatic nitrogens is 3. The normalized spacial score (nSPS) is 10.4. The predicted octanol–water partition coefficient (Wildman–Crippen LogP) is 1.23. The van der Waals surface area contributed by atoms with Gasteiger partial charge in [0, 0.05) is 6.20 Å². The molecule has 12 heavy (non-hydrogen) atoms. The van der Waals surface area contributed by atoms with E-state index in [0.29, 0.717) is 12.4 Å². The van der Waals surface area contributed by atoms with Gasteiger partial charge in [0.25, 0.3) is 0 Å². The van der Waals surface area contributed by atoms with Gasteiger partial charge in [-0.3, -0.25) is 4.68 Å². The second-order valence-electron chi connectivity index (χ2n) is 2.58. The highest BCUT2D eigenvalue weighted by Gasteiger charge is 1.99. The number of nitrogens with zero attached hydrogens (tertiary/aromatic N) is 3. The molecule has 0 radical (unpaired) electrons. The van der Waals surface area contributed by atoms with Crippen LogP contribution in [0, 0.1) is 6.92 Å². The summed E-state index contributed by atoms with van der Waals surface area (Å²) in [5.41, 5.74) is 1.00. The van der Waals surface area contributed by atoms with Crippen molar-refractivity contribution in [3.05, 3.63) is 36.3 Å². The molecule has 0 bridgehead atoms. The molecule has 0 spiro atoms. The molecule has 2 aromatic rings. The third-order valence-corrected chi connectivity index (χ3v) is 1.55. The van der Waals surface area contributed by atoms with Crippen LogP contribution in [-0.2, 0) is 6.54 Å². The minimum Gasteiger partial charge on any atom is -0.447 e. The van der Waals surface area contributed by atoms with E-state index in [1.807, 2.05) is 19.2 Å². The van der Waals surface area contributed by atoms with Gasteiger partial charge in [0.15, 0.2) is 0 Å².